The summed E-state index contributed by atoms with van der Waals surface area (Å²) in [6, 6.07) is 9.07. The molecule has 12 heavy (non-hydrogen) atoms. The average Bonchev–Trinajstić information content (AvgIpc) is 2.05. The van der Waals surface area contributed by atoms with Gasteiger partial charge in [0, 0.05) is 0 Å². The van der Waals surface area contributed by atoms with Crippen LogP contribution in [0.15, 0.2) is 30.3 Å². The van der Waals surface area contributed by atoms with Gasteiger partial charge in [-0.25, -0.2) is 4.79 Å². The molecule has 2 nitrogen and oxygen atoms in total. The average molecular weight is 180 g/mol. The smallest absolute Gasteiger partial charge is 0.324 e. The first-order valence-corrected chi connectivity index (χ1v) is 6.74. The Morgan fingerprint density at radius 1 is 1.25 bits per heavy atom. The topological polar surface area (TPSA) is 26.3 Å². The molecule has 0 aliphatic rings. The highest BCUT2D eigenvalue weighted by atomic mass is 28.3. The van der Waals surface area contributed by atoms with Crippen molar-refractivity contribution in [2.75, 3.05) is 0 Å². The molecule has 0 radical (unpaired) electrons. The SMILES string of the molecule is C[SiH](C)OC(=O)c1ccccc1. The van der Waals surface area contributed by atoms with Gasteiger partial charge >= 0.3 is 5.97 Å². The van der Waals surface area contributed by atoms with Crippen LogP contribution < -0.4 is 0 Å². The standard InChI is InChI=1S/C9H12O2Si/c1-12(2)11-9(10)8-6-4-3-5-7-8/h3-7,12H,1-2H3. The highest BCUT2D eigenvalue weighted by Gasteiger charge is 2.07. The van der Waals surface area contributed by atoms with Gasteiger partial charge in [-0.2, -0.15) is 0 Å². The maximum atomic E-state index is 11.3. The Kier molecular flexibility index (Phi) is 3.05. The van der Waals surface area contributed by atoms with Crippen molar-refractivity contribution >= 4 is 15.0 Å². The lowest BCUT2D eigenvalue weighted by atomic mass is 10.2. The number of carbonyl (C=O) groups is 1. The van der Waals surface area contributed by atoms with Gasteiger partial charge in [0.25, 0.3) is 0 Å². The fourth-order valence-corrected chi connectivity index (χ4v) is 1.42. The summed E-state index contributed by atoms with van der Waals surface area (Å²) in [4.78, 5) is 11.3. The lowest BCUT2D eigenvalue weighted by molar-refractivity contribution is 0.0734. The molecule has 1 aromatic rings. The van der Waals surface area contributed by atoms with E-state index in [2.05, 4.69) is 0 Å². The number of carbonyl (C=O) groups excluding carboxylic acids is 1. The van der Waals surface area contributed by atoms with E-state index in [1.807, 2.05) is 31.3 Å². The number of benzene rings is 1. The van der Waals surface area contributed by atoms with Gasteiger partial charge in [-0.15, -0.1) is 0 Å². The molecular formula is C9H12O2Si. The molecule has 0 saturated carbocycles. The third kappa shape index (κ3) is 2.51. The van der Waals surface area contributed by atoms with Crippen molar-refractivity contribution in [2.45, 2.75) is 13.1 Å². The molecule has 1 aromatic carbocycles. The van der Waals surface area contributed by atoms with E-state index < -0.39 is 9.04 Å². The summed E-state index contributed by atoms with van der Waals surface area (Å²) in [5.41, 5.74) is 0.638. The minimum absolute atomic E-state index is 0.197. The summed E-state index contributed by atoms with van der Waals surface area (Å²) >= 11 is 0. The van der Waals surface area contributed by atoms with Crippen molar-refractivity contribution in [3.05, 3.63) is 35.9 Å². The maximum Gasteiger partial charge on any atom is 0.324 e. The molecule has 1 rings (SSSR count). The molecule has 0 amide bonds. The van der Waals surface area contributed by atoms with Crippen LogP contribution in [0, 0.1) is 0 Å². The maximum absolute atomic E-state index is 11.3. The van der Waals surface area contributed by atoms with Crippen LogP contribution in [0.2, 0.25) is 13.1 Å². The number of hydrogen-bond acceptors (Lipinski definition) is 2. The zero-order valence-electron chi connectivity index (χ0n) is 7.28. The molecule has 0 atom stereocenters. The quantitative estimate of drug-likeness (QED) is 0.649. The third-order valence-electron chi connectivity index (χ3n) is 1.35. The molecule has 0 aromatic heterocycles. The van der Waals surface area contributed by atoms with E-state index in [4.69, 9.17) is 4.43 Å². The molecule has 0 heterocycles. The molecule has 0 unspecified atom stereocenters. The lowest BCUT2D eigenvalue weighted by Crippen LogP contribution is -2.14. The number of rotatable bonds is 2. The van der Waals surface area contributed by atoms with Crippen molar-refractivity contribution in [2.24, 2.45) is 0 Å². The molecule has 0 aliphatic carbocycles. The summed E-state index contributed by atoms with van der Waals surface area (Å²) in [7, 11) is -1.25. The van der Waals surface area contributed by atoms with Crippen LogP contribution >= 0.6 is 0 Å². The van der Waals surface area contributed by atoms with Crippen LogP contribution in [0.4, 0.5) is 0 Å². The summed E-state index contributed by atoms with van der Waals surface area (Å²) in [6.07, 6.45) is 0. The Bertz CT molecular complexity index is 256. The summed E-state index contributed by atoms with van der Waals surface area (Å²) in [5.74, 6) is -0.197. The molecule has 3 heteroatoms. The zero-order chi connectivity index (χ0) is 8.97. The van der Waals surface area contributed by atoms with Gasteiger partial charge in [-0.3, -0.25) is 0 Å². The Hall–Kier alpha value is -1.09. The van der Waals surface area contributed by atoms with E-state index in [9.17, 15) is 4.79 Å². The lowest BCUT2D eigenvalue weighted by Gasteiger charge is -2.06. The van der Waals surface area contributed by atoms with Gasteiger partial charge in [0.05, 0.1) is 5.56 Å². The van der Waals surface area contributed by atoms with E-state index >= 15 is 0 Å². The predicted molar refractivity (Wildman–Crippen MR) is 50.7 cm³/mol. The minimum atomic E-state index is -1.25. The fourth-order valence-electron chi connectivity index (χ4n) is 0.856. The van der Waals surface area contributed by atoms with Crippen LogP contribution in [0.25, 0.3) is 0 Å². The van der Waals surface area contributed by atoms with Crippen LogP contribution in [0.3, 0.4) is 0 Å². The second-order valence-corrected chi connectivity index (χ2v) is 5.15. The molecule has 0 N–H and O–H groups in total. The molecule has 0 spiro atoms. The van der Waals surface area contributed by atoms with Crippen molar-refractivity contribution < 1.29 is 9.22 Å². The van der Waals surface area contributed by atoms with E-state index in [1.54, 1.807) is 12.1 Å². The van der Waals surface area contributed by atoms with Crippen LogP contribution in [0.1, 0.15) is 10.4 Å². The Balaban J connectivity index is 2.66. The zero-order valence-corrected chi connectivity index (χ0v) is 8.44. The second kappa shape index (κ2) is 4.06. The molecular weight excluding hydrogens is 168 g/mol. The molecule has 64 valence electrons. The number of hydrogen-bond donors (Lipinski definition) is 0. The molecule has 0 saturated heterocycles. The van der Waals surface area contributed by atoms with Gasteiger partial charge in [-0.05, 0) is 25.2 Å². The van der Waals surface area contributed by atoms with Crippen molar-refractivity contribution in [1.29, 1.82) is 0 Å². The predicted octanol–water partition coefficient (Wildman–Crippen LogP) is 1.83. The first kappa shape index (κ1) is 9.00. The first-order valence-electron chi connectivity index (χ1n) is 3.96. The van der Waals surface area contributed by atoms with Gasteiger partial charge in [0.1, 0.15) is 0 Å². The molecule has 0 aliphatic heterocycles. The van der Waals surface area contributed by atoms with E-state index in [-0.39, 0.29) is 5.97 Å². The first-order chi connectivity index (χ1) is 5.70. The van der Waals surface area contributed by atoms with Crippen LogP contribution in [0.5, 0.6) is 0 Å². The summed E-state index contributed by atoms with van der Waals surface area (Å²) < 4.78 is 5.14. The van der Waals surface area contributed by atoms with Crippen molar-refractivity contribution in [1.82, 2.24) is 0 Å². The minimum Gasteiger partial charge on any atom is -0.519 e. The highest BCUT2D eigenvalue weighted by Crippen LogP contribution is 2.01. The van der Waals surface area contributed by atoms with Crippen molar-refractivity contribution in [3.8, 4) is 0 Å². The summed E-state index contributed by atoms with van der Waals surface area (Å²) in [5, 5.41) is 0. The Morgan fingerprint density at radius 3 is 2.33 bits per heavy atom. The van der Waals surface area contributed by atoms with E-state index in [1.165, 1.54) is 0 Å². The van der Waals surface area contributed by atoms with Gasteiger partial charge in [0.15, 0.2) is 0 Å². The second-order valence-electron chi connectivity index (χ2n) is 2.82. The van der Waals surface area contributed by atoms with Crippen molar-refractivity contribution in [3.63, 3.8) is 0 Å². The normalized spacial score (nSPS) is 9.92. The van der Waals surface area contributed by atoms with Crippen LogP contribution in [-0.2, 0) is 4.43 Å². The molecule has 0 fully saturated rings. The van der Waals surface area contributed by atoms with Gasteiger partial charge in [-0.1, -0.05) is 18.2 Å². The van der Waals surface area contributed by atoms with Gasteiger partial charge < -0.3 is 4.43 Å². The van der Waals surface area contributed by atoms with E-state index in [0.29, 0.717) is 5.56 Å². The monoisotopic (exact) mass is 180 g/mol. The third-order valence-corrected chi connectivity index (χ3v) is 2.04. The largest absolute Gasteiger partial charge is 0.519 e. The summed E-state index contributed by atoms with van der Waals surface area (Å²) in [6.45, 7) is 3.95. The fraction of sp³-hybridized carbons (Fsp3) is 0.222. The van der Waals surface area contributed by atoms with E-state index in [0.717, 1.165) is 0 Å². The molecule has 0 bridgehead atoms. The van der Waals surface area contributed by atoms with Gasteiger partial charge in [0.2, 0.25) is 9.04 Å². The Labute approximate surface area is 73.9 Å². The van der Waals surface area contributed by atoms with Crippen LogP contribution in [-0.4, -0.2) is 15.0 Å². The Morgan fingerprint density at radius 2 is 1.83 bits per heavy atom. The highest BCUT2D eigenvalue weighted by molar-refractivity contribution is 6.51.